The van der Waals surface area contributed by atoms with Crippen molar-refractivity contribution in [2.45, 2.75) is 24.2 Å². The second kappa shape index (κ2) is 7.54. The maximum atomic E-state index is 12.8. The smallest absolute Gasteiger partial charge is 0.239 e. The number of rotatable bonds is 6. The molecule has 23 heavy (non-hydrogen) atoms. The summed E-state index contributed by atoms with van der Waals surface area (Å²) < 4.78 is 36.9. The van der Waals surface area contributed by atoms with Crippen molar-refractivity contribution in [1.29, 1.82) is 0 Å². The van der Waals surface area contributed by atoms with Crippen LogP contribution in [0.2, 0.25) is 0 Å². The molecule has 2 rings (SSSR count). The molecule has 0 aromatic heterocycles. The predicted molar refractivity (Wildman–Crippen MR) is 81.9 cm³/mol. The summed E-state index contributed by atoms with van der Waals surface area (Å²) >= 11 is 0. The first kappa shape index (κ1) is 17.4. The number of amides is 2. The Morgan fingerprint density at radius 2 is 1.91 bits per heavy atom. The molecule has 1 N–H and O–H groups in total. The highest BCUT2D eigenvalue weighted by Crippen LogP contribution is 2.12. The van der Waals surface area contributed by atoms with E-state index in [9.17, 15) is 22.4 Å². The number of halogens is 1. The Labute approximate surface area is 134 Å². The van der Waals surface area contributed by atoms with Crippen LogP contribution in [0.15, 0.2) is 29.2 Å². The van der Waals surface area contributed by atoms with E-state index < -0.39 is 15.7 Å². The zero-order valence-electron chi connectivity index (χ0n) is 12.6. The lowest BCUT2D eigenvalue weighted by molar-refractivity contribution is -0.137. The predicted octanol–water partition coefficient (Wildman–Crippen LogP) is 0.728. The molecule has 0 unspecified atom stereocenters. The Kier molecular flexibility index (Phi) is 5.70. The molecule has 6 nitrogen and oxygen atoms in total. The normalized spacial score (nSPS) is 15.5. The molecule has 1 aliphatic heterocycles. The lowest BCUT2D eigenvalue weighted by Crippen LogP contribution is -2.43. The zero-order valence-corrected chi connectivity index (χ0v) is 13.4. The van der Waals surface area contributed by atoms with Crippen molar-refractivity contribution < 1.29 is 22.4 Å². The average Bonchev–Trinajstić information content (AvgIpc) is 2.50. The summed E-state index contributed by atoms with van der Waals surface area (Å²) in [5.41, 5.74) is 0. The van der Waals surface area contributed by atoms with Gasteiger partial charge in [0.05, 0.1) is 17.2 Å². The van der Waals surface area contributed by atoms with E-state index in [1.165, 1.54) is 17.0 Å². The fraction of sp³-hybridized carbons (Fsp3) is 0.467. The molecule has 1 aromatic rings. The van der Waals surface area contributed by atoms with Crippen molar-refractivity contribution >= 4 is 21.7 Å². The molecule has 1 aromatic carbocycles. The minimum Gasteiger partial charge on any atom is -0.354 e. The van der Waals surface area contributed by atoms with Gasteiger partial charge in [0.25, 0.3) is 0 Å². The second-order valence-electron chi connectivity index (χ2n) is 5.40. The van der Waals surface area contributed by atoms with E-state index in [2.05, 4.69) is 5.32 Å². The van der Waals surface area contributed by atoms with Crippen LogP contribution in [0.5, 0.6) is 0 Å². The van der Waals surface area contributed by atoms with Gasteiger partial charge in [-0.15, -0.1) is 0 Å². The Morgan fingerprint density at radius 3 is 2.57 bits per heavy atom. The Morgan fingerprint density at radius 1 is 1.22 bits per heavy atom. The van der Waals surface area contributed by atoms with Crippen molar-refractivity contribution in [3.8, 4) is 0 Å². The summed E-state index contributed by atoms with van der Waals surface area (Å²) in [6.07, 6.45) is 2.16. The molecule has 126 valence electrons. The maximum absolute atomic E-state index is 12.8. The van der Waals surface area contributed by atoms with Gasteiger partial charge in [0.1, 0.15) is 5.82 Å². The number of nitrogens with zero attached hydrogens (tertiary/aromatic N) is 1. The first-order valence-corrected chi connectivity index (χ1v) is 9.06. The third-order valence-corrected chi connectivity index (χ3v) is 5.35. The van der Waals surface area contributed by atoms with Crippen molar-refractivity contribution in [2.75, 3.05) is 25.4 Å². The number of nitrogens with one attached hydrogen (secondary N) is 1. The molecule has 8 heteroatoms. The number of carbonyl (C=O) groups is 2. The van der Waals surface area contributed by atoms with Gasteiger partial charge in [0.2, 0.25) is 11.8 Å². The van der Waals surface area contributed by atoms with E-state index in [-0.39, 0.29) is 35.6 Å². The first-order chi connectivity index (χ1) is 10.9. The third kappa shape index (κ3) is 5.02. The van der Waals surface area contributed by atoms with Gasteiger partial charge in [-0.3, -0.25) is 9.59 Å². The Bertz CT molecular complexity index is 673. The second-order valence-corrected chi connectivity index (χ2v) is 7.50. The topological polar surface area (TPSA) is 83.6 Å². The van der Waals surface area contributed by atoms with Crippen LogP contribution in [0, 0.1) is 5.82 Å². The molecule has 1 fully saturated rings. The number of benzene rings is 1. The summed E-state index contributed by atoms with van der Waals surface area (Å²) in [5, 5.41) is 2.50. The average molecular weight is 342 g/mol. The molecule has 1 aliphatic rings. The summed E-state index contributed by atoms with van der Waals surface area (Å²) in [6.45, 7) is 0.454. The van der Waals surface area contributed by atoms with Crippen molar-refractivity contribution in [1.82, 2.24) is 10.2 Å². The Hall–Kier alpha value is -1.96. The summed E-state index contributed by atoms with van der Waals surface area (Å²) in [7, 11) is -3.58. The molecule has 0 saturated carbocycles. The van der Waals surface area contributed by atoms with Gasteiger partial charge in [0, 0.05) is 19.5 Å². The third-order valence-electron chi connectivity index (χ3n) is 3.62. The highest BCUT2D eigenvalue weighted by Gasteiger charge is 2.21. The van der Waals surface area contributed by atoms with E-state index in [1.54, 1.807) is 0 Å². The van der Waals surface area contributed by atoms with Gasteiger partial charge in [-0.05, 0) is 37.1 Å². The SMILES string of the molecule is O=C(CN1CCCCC1=O)NCCS(=O)(=O)c1ccc(F)cc1. The van der Waals surface area contributed by atoms with Crippen LogP contribution >= 0.6 is 0 Å². The minimum atomic E-state index is -3.58. The monoisotopic (exact) mass is 342 g/mol. The van der Waals surface area contributed by atoms with Crippen LogP contribution in [0.25, 0.3) is 0 Å². The van der Waals surface area contributed by atoms with Gasteiger partial charge < -0.3 is 10.2 Å². The molecule has 1 heterocycles. The quantitative estimate of drug-likeness (QED) is 0.773. The molecule has 0 aliphatic carbocycles. The van der Waals surface area contributed by atoms with Crippen molar-refractivity contribution in [3.63, 3.8) is 0 Å². The van der Waals surface area contributed by atoms with Gasteiger partial charge in [-0.25, -0.2) is 12.8 Å². The minimum absolute atomic E-state index is 0.0133. The lowest BCUT2D eigenvalue weighted by Gasteiger charge is -2.25. The van der Waals surface area contributed by atoms with E-state index in [4.69, 9.17) is 0 Å². The van der Waals surface area contributed by atoms with Crippen LogP contribution in [0.3, 0.4) is 0 Å². The molecule has 0 radical (unpaired) electrons. The maximum Gasteiger partial charge on any atom is 0.239 e. The van der Waals surface area contributed by atoms with Crippen molar-refractivity contribution in [2.24, 2.45) is 0 Å². The molecule has 0 bridgehead atoms. The van der Waals surface area contributed by atoms with E-state index in [0.29, 0.717) is 13.0 Å². The highest BCUT2D eigenvalue weighted by molar-refractivity contribution is 7.91. The number of piperidine rings is 1. The number of hydrogen-bond donors (Lipinski definition) is 1. The number of hydrogen-bond acceptors (Lipinski definition) is 4. The number of sulfone groups is 1. The van der Waals surface area contributed by atoms with Gasteiger partial charge >= 0.3 is 0 Å². The molecular weight excluding hydrogens is 323 g/mol. The Balaban J connectivity index is 1.80. The van der Waals surface area contributed by atoms with Gasteiger partial charge in [-0.2, -0.15) is 0 Å². The molecular formula is C15H19FN2O4S. The number of likely N-dealkylation sites (tertiary alicyclic amines) is 1. The first-order valence-electron chi connectivity index (χ1n) is 7.41. The van der Waals surface area contributed by atoms with E-state index in [1.807, 2.05) is 0 Å². The molecule has 2 amide bonds. The standard InChI is InChI=1S/C15H19FN2O4S/c16-12-4-6-13(7-5-12)23(21,22)10-8-17-14(19)11-18-9-2-1-3-15(18)20/h4-7H,1-3,8-11H2,(H,17,19). The van der Waals surface area contributed by atoms with Crippen LogP contribution in [0.4, 0.5) is 4.39 Å². The fourth-order valence-electron chi connectivity index (χ4n) is 2.34. The van der Waals surface area contributed by atoms with Gasteiger partial charge in [-0.1, -0.05) is 0 Å². The van der Waals surface area contributed by atoms with E-state index in [0.717, 1.165) is 25.0 Å². The van der Waals surface area contributed by atoms with E-state index >= 15 is 0 Å². The number of carbonyl (C=O) groups excluding carboxylic acids is 2. The molecule has 0 atom stereocenters. The zero-order chi connectivity index (χ0) is 16.9. The molecule has 1 saturated heterocycles. The van der Waals surface area contributed by atoms with Gasteiger partial charge in [0.15, 0.2) is 9.84 Å². The molecule has 0 spiro atoms. The van der Waals surface area contributed by atoms with Crippen LogP contribution < -0.4 is 5.32 Å². The summed E-state index contributed by atoms with van der Waals surface area (Å²) in [4.78, 5) is 24.9. The fourth-order valence-corrected chi connectivity index (χ4v) is 3.50. The van der Waals surface area contributed by atoms with Crippen LogP contribution in [-0.4, -0.2) is 50.5 Å². The van der Waals surface area contributed by atoms with Crippen LogP contribution in [-0.2, 0) is 19.4 Å². The largest absolute Gasteiger partial charge is 0.354 e. The summed E-state index contributed by atoms with van der Waals surface area (Å²) in [5.74, 6) is -1.22. The highest BCUT2D eigenvalue weighted by atomic mass is 32.2. The van der Waals surface area contributed by atoms with Crippen LogP contribution in [0.1, 0.15) is 19.3 Å². The lowest BCUT2D eigenvalue weighted by atomic mass is 10.1. The summed E-state index contributed by atoms with van der Waals surface area (Å²) in [6, 6.07) is 4.54. The van der Waals surface area contributed by atoms with Crippen molar-refractivity contribution in [3.05, 3.63) is 30.1 Å².